The Morgan fingerprint density at radius 1 is 0.826 bits per heavy atom. The first-order valence-electron chi connectivity index (χ1n) is 7.13. The van der Waals surface area contributed by atoms with Crippen molar-refractivity contribution in [3.63, 3.8) is 0 Å². The van der Waals surface area contributed by atoms with Crippen molar-refractivity contribution < 1.29 is 0 Å². The van der Waals surface area contributed by atoms with Crippen molar-refractivity contribution in [2.75, 3.05) is 0 Å². The Bertz CT molecular complexity index is 995. The minimum Gasteiger partial charge on any atom is -0.235 e. The maximum absolute atomic E-state index is 6.33. The largest absolute Gasteiger partial charge is 0.235 e. The van der Waals surface area contributed by atoms with Gasteiger partial charge in [-0.15, -0.1) is 11.3 Å². The molecule has 0 unspecified atom stereocenters. The first-order valence-corrected chi connectivity index (χ1v) is 9.12. The van der Waals surface area contributed by atoms with Gasteiger partial charge in [-0.1, -0.05) is 72.3 Å². The van der Waals surface area contributed by atoms with Crippen molar-refractivity contribution in [2.45, 2.75) is 0 Å². The van der Waals surface area contributed by atoms with Crippen LogP contribution in [0.25, 0.3) is 32.6 Å². The highest BCUT2D eigenvalue weighted by Crippen LogP contribution is 2.41. The van der Waals surface area contributed by atoms with Crippen LogP contribution in [0.3, 0.4) is 0 Å². The zero-order chi connectivity index (χ0) is 15.8. The molecule has 23 heavy (non-hydrogen) atoms. The lowest BCUT2D eigenvalue weighted by Crippen LogP contribution is -1.84. The zero-order valence-electron chi connectivity index (χ0n) is 12.0. The molecule has 1 aromatic heterocycles. The molecule has 0 spiro atoms. The number of nitrogens with zero attached hydrogens (tertiary/aromatic N) is 1. The van der Waals surface area contributed by atoms with Gasteiger partial charge in [0.15, 0.2) is 0 Å². The molecule has 1 heterocycles. The average molecular weight is 401 g/mol. The van der Waals surface area contributed by atoms with Crippen LogP contribution < -0.4 is 0 Å². The summed E-state index contributed by atoms with van der Waals surface area (Å²) in [4.78, 5) is 4.86. The molecule has 4 heteroatoms. The van der Waals surface area contributed by atoms with Gasteiger partial charge >= 0.3 is 0 Å². The van der Waals surface area contributed by atoms with Gasteiger partial charge in [-0.25, -0.2) is 4.98 Å². The molecule has 4 aromatic rings. The lowest BCUT2D eigenvalue weighted by atomic mass is 10.0. The molecule has 1 nitrogen and oxygen atoms in total. The van der Waals surface area contributed by atoms with Gasteiger partial charge in [-0.2, -0.15) is 0 Å². The first kappa shape index (κ1) is 14.9. The fraction of sp³-hybridized carbons (Fsp3) is 0. The lowest BCUT2D eigenvalue weighted by molar-refractivity contribution is 1.40. The van der Waals surface area contributed by atoms with Gasteiger partial charge in [0.25, 0.3) is 0 Å². The van der Waals surface area contributed by atoms with Crippen molar-refractivity contribution in [3.8, 4) is 21.8 Å². The zero-order valence-corrected chi connectivity index (χ0v) is 15.1. The number of fused-ring (bicyclic) bond motifs is 1. The smallest absolute Gasteiger partial charge is 0.125 e. The van der Waals surface area contributed by atoms with E-state index in [2.05, 4.69) is 34.1 Å². The second-order valence-electron chi connectivity index (χ2n) is 5.15. The van der Waals surface area contributed by atoms with Crippen LogP contribution >= 0.6 is 38.9 Å². The molecule has 0 aliphatic heterocycles. The van der Waals surface area contributed by atoms with Gasteiger partial charge < -0.3 is 0 Å². The Hall–Kier alpha value is -1.68. The lowest BCUT2D eigenvalue weighted by Gasteiger charge is -2.06. The van der Waals surface area contributed by atoms with Crippen molar-refractivity contribution >= 4 is 49.6 Å². The first-order chi connectivity index (χ1) is 11.2. The summed E-state index contributed by atoms with van der Waals surface area (Å²) in [5.74, 6) is 0. The van der Waals surface area contributed by atoms with Crippen LogP contribution in [0, 0.1) is 0 Å². The monoisotopic (exact) mass is 399 g/mol. The van der Waals surface area contributed by atoms with Crippen LogP contribution in [-0.4, -0.2) is 4.98 Å². The van der Waals surface area contributed by atoms with E-state index in [4.69, 9.17) is 16.6 Å². The molecule has 0 amide bonds. The molecule has 0 radical (unpaired) electrons. The van der Waals surface area contributed by atoms with Crippen molar-refractivity contribution in [3.05, 3.63) is 75.5 Å². The quantitative estimate of drug-likeness (QED) is 0.351. The number of aromatic nitrogens is 1. The molecule has 4 rings (SSSR count). The summed E-state index contributed by atoms with van der Waals surface area (Å²) in [5, 5.41) is 3.93. The molecular formula is C19H11BrClNS. The van der Waals surface area contributed by atoms with Crippen LogP contribution in [0.15, 0.2) is 70.5 Å². The predicted molar refractivity (Wildman–Crippen MR) is 103 cm³/mol. The van der Waals surface area contributed by atoms with Crippen LogP contribution in [0.4, 0.5) is 0 Å². The van der Waals surface area contributed by atoms with E-state index in [1.54, 1.807) is 11.3 Å². The van der Waals surface area contributed by atoms with E-state index in [-0.39, 0.29) is 0 Å². The number of benzene rings is 3. The van der Waals surface area contributed by atoms with Gasteiger partial charge in [0, 0.05) is 21.5 Å². The van der Waals surface area contributed by atoms with E-state index in [0.29, 0.717) is 0 Å². The van der Waals surface area contributed by atoms with E-state index in [0.717, 1.165) is 41.4 Å². The molecule has 0 atom stereocenters. The summed E-state index contributed by atoms with van der Waals surface area (Å²) in [6.07, 6.45) is 0. The minimum atomic E-state index is 0.763. The van der Waals surface area contributed by atoms with Crippen molar-refractivity contribution in [1.82, 2.24) is 4.98 Å². The number of halogens is 2. The van der Waals surface area contributed by atoms with Gasteiger partial charge in [0.2, 0.25) is 0 Å². The highest BCUT2D eigenvalue weighted by atomic mass is 79.9. The van der Waals surface area contributed by atoms with E-state index in [1.165, 1.54) is 0 Å². The van der Waals surface area contributed by atoms with Gasteiger partial charge in [0.1, 0.15) is 5.01 Å². The minimum absolute atomic E-state index is 0.763. The van der Waals surface area contributed by atoms with Gasteiger partial charge in [-0.3, -0.25) is 0 Å². The summed E-state index contributed by atoms with van der Waals surface area (Å²) in [6.45, 7) is 0. The average Bonchev–Trinajstić information content (AvgIpc) is 2.98. The Morgan fingerprint density at radius 2 is 1.52 bits per heavy atom. The van der Waals surface area contributed by atoms with Crippen LogP contribution in [0.1, 0.15) is 0 Å². The van der Waals surface area contributed by atoms with E-state index < -0.39 is 0 Å². The Balaban J connectivity index is 1.93. The molecule has 0 fully saturated rings. The normalized spacial score (nSPS) is 11.0. The van der Waals surface area contributed by atoms with E-state index in [9.17, 15) is 0 Å². The summed E-state index contributed by atoms with van der Waals surface area (Å²) >= 11 is 11.7. The highest BCUT2D eigenvalue weighted by molar-refractivity contribution is 9.11. The van der Waals surface area contributed by atoms with Crippen LogP contribution in [0.2, 0.25) is 5.02 Å². The number of hydrogen-bond acceptors (Lipinski definition) is 2. The molecule has 0 aliphatic rings. The fourth-order valence-electron chi connectivity index (χ4n) is 2.64. The predicted octanol–water partition coefficient (Wildman–Crippen LogP) is 7.05. The highest BCUT2D eigenvalue weighted by Gasteiger charge is 2.15. The Morgan fingerprint density at radius 3 is 2.30 bits per heavy atom. The SMILES string of the molecule is Clc1ccc(-c2nc(-c3ccccc3)sc2Br)c2ccccc12. The second-order valence-corrected chi connectivity index (χ2v) is 7.87. The molecule has 3 aromatic carbocycles. The summed E-state index contributed by atoms with van der Waals surface area (Å²) in [6, 6.07) is 22.4. The molecule has 0 saturated heterocycles. The third-order valence-electron chi connectivity index (χ3n) is 3.73. The number of hydrogen-bond donors (Lipinski definition) is 0. The third-order valence-corrected chi connectivity index (χ3v) is 5.82. The summed E-state index contributed by atoms with van der Waals surface area (Å²) in [5.41, 5.74) is 3.18. The molecule has 0 bridgehead atoms. The van der Waals surface area contributed by atoms with Gasteiger partial charge in [-0.05, 0) is 27.4 Å². The van der Waals surface area contributed by atoms with E-state index in [1.807, 2.05) is 48.5 Å². The van der Waals surface area contributed by atoms with Crippen LogP contribution in [0.5, 0.6) is 0 Å². The van der Waals surface area contributed by atoms with E-state index >= 15 is 0 Å². The maximum atomic E-state index is 6.33. The topological polar surface area (TPSA) is 12.9 Å². The summed E-state index contributed by atoms with van der Waals surface area (Å²) < 4.78 is 1.03. The standard InChI is InChI=1S/C19H11BrClNS/c20-18-17(22-19(23-18)12-6-2-1-3-7-12)15-10-11-16(21)14-9-5-4-8-13(14)15/h1-11H. The molecule has 0 aliphatic carbocycles. The third kappa shape index (κ3) is 2.69. The molecule has 0 N–H and O–H groups in total. The Kier molecular flexibility index (Phi) is 3.93. The Labute approximate surface area is 151 Å². The summed E-state index contributed by atoms with van der Waals surface area (Å²) in [7, 11) is 0. The molecule has 112 valence electrons. The fourth-order valence-corrected chi connectivity index (χ4v) is 4.44. The number of thiazole rings is 1. The van der Waals surface area contributed by atoms with Crippen LogP contribution in [-0.2, 0) is 0 Å². The molecular weight excluding hydrogens is 390 g/mol. The number of rotatable bonds is 2. The maximum Gasteiger partial charge on any atom is 0.125 e. The molecule has 0 saturated carbocycles. The van der Waals surface area contributed by atoms with Crippen molar-refractivity contribution in [2.24, 2.45) is 0 Å². The van der Waals surface area contributed by atoms with Crippen molar-refractivity contribution in [1.29, 1.82) is 0 Å². The second kappa shape index (κ2) is 6.08. The van der Waals surface area contributed by atoms with Gasteiger partial charge in [0.05, 0.1) is 9.48 Å².